The molecule has 2 heterocycles. The van der Waals surface area contributed by atoms with Crippen LogP contribution < -0.4 is 0 Å². The molecular weight excluding hydrogens is 298 g/mol. The molecule has 0 bridgehead atoms. The minimum absolute atomic E-state index is 0.246. The first-order chi connectivity index (χ1) is 10.7. The molecule has 1 aromatic carbocycles. The van der Waals surface area contributed by atoms with Crippen molar-refractivity contribution in [3.8, 4) is 0 Å². The van der Waals surface area contributed by atoms with Crippen LogP contribution in [0.4, 0.5) is 0 Å². The Hall–Kier alpha value is -2.34. The number of rotatable bonds is 4. The predicted molar refractivity (Wildman–Crippen MR) is 85.9 cm³/mol. The molecule has 5 nitrogen and oxygen atoms in total. The maximum atomic E-state index is 12.2. The second kappa shape index (κ2) is 6.19. The van der Waals surface area contributed by atoms with E-state index in [9.17, 15) is 4.79 Å². The number of aryl methyl sites for hydroxylation is 1. The number of carbonyl (C=O) groups excluding carboxylic acids is 1. The molecule has 22 heavy (non-hydrogen) atoms. The summed E-state index contributed by atoms with van der Waals surface area (Å²) in [5.41, 5.74) is 2.83. The molecule has 0 saturated carbocycles. The number of benzene rings is 1. The summed E-state index contributed by atoms with van der Waals surface area (Å²) < 4.78 is 7.19. The fraction of sp³-hybridized carbons (Fsp3) is 0.188. The average molecular weight is 313 g/mol. The average Bonchev–Trinajstić information content (AvgIpc) is 2.93. The van der Waals surface area contributed by atoms with Crippen LogP contribution in [0.25, 0.3) is 11.2 Å². The van der Waals surface area contributed by atoms with Gasteiger partial charge < -0.3 is 9.30 Å². The van der Waals surface area contributed by atoms with Gasteiger partial charge in [-0.2, -0.15) is 0 Å². The largest absolute Gasteiger partial charge is 0.457 e. The van der Waals surface area contributed by atoms with Gasteiger partial charge in [0, 0.05) is 23.7 Å². The first-order valence-electron chi connectivity index (χ1n) is 6.75. The zero-order valence-corrected chi connectivity index (χ0v) is 13.1. The van der Waals surface area contributed by atoms with Crippen LogP contribution in [0.3, 0.4) is 0 Å². The molecular formula is C16H15N3O2S. The summed E-state index contributed by atoms with van der Waals surface area (Å²) in [4.78, 5) is 21.7. The Morgan fingerprint density at radius 1 is 1.32 bits per heavy atom. The molecule has 0 atom stereocenters. The SMILES string of the molecule is CSc1ccccc1COC(=O)c1cnc2c(c1)ncn2C. The molecule has 0 amide bonds. The first-order valence-corrected chi connectivity index (χ1v) is 7.97. The molecule has 0 fully saturated rings. The van der Waals surface area contributed by atoms with Crippen LogP contribution in [-0.2, 0) is 18.4 Å². The van der Waals surface area contributed by atoms with Crippen molar-refractivity contribution in [1.29, 1.82) is 0 Å². The molecule has 3 rings (SSSR count). The normalized spacial score (nSPS) is 10.8. The van der Waals surface area contributed by atoms with Crippen molar-refractivity contribution >= 4 is 28.9 Å². The van der Waals surface area contributed by atoms with Gasteiger partial charge in [-0.1, -0.05) is 18.2 Å². The fourth-order valence-electron chi connectivity index (χ4n) is 2.18. The maximum Gasteiger partial charge on any atom is 0.340 e. The standard InChI is InChI=1S/C16H15N3O2S/c1-19-10-18-13-7-12(8-17-15(13)19)16(20)21-9-11-5-3-4-6-14(11)22-2/h3-8,10H,9H2,1-2H3. The molecule has 0 unspecified atom stereocenters. The Bertz CT molecular complexity index is 829. The van der Waals surface area contributed by atoms with Crippen molar-refractivity contribution in [1.82, 2.24) is 14.5 Å². The third-order valence-corrected chi connectivity index (χ3v) is 4.18. The lowest BCUT2D eigenvalue weighted by molar-refractivity contribution is 0.0469. The molecule has 2 aromatic heterocycles. The number of pyridine rings is 1. The smallest absolute Gasteiger partial charge is 0.340 e. The highest BCUT2D eigenvalue weighted by Crippen LogP contribution is 2.21. The highest BCUT2D eigenvalue weighted by atomic mass is 32.2. The van der Waals surface area contributed by atoms with E-state index in [1.807, 2.05) is 37.6 Å². The Kier molecular flexibility index (Phi) is 4.11. The summed E-state index contributed by atoms with van der Waals surface area (Å²) in [7, 11) is 1.86. The number of esters is 1. The summed E-state index contributed by atoms with van der Waals surface area (Å²) in [6, 6.07) is 9.57. The maximum absolute atomic E-state index is 12.2. The number of hydrogen-bond acceptors (Lipinski definition) is 5. The lowest BCUT2D eigenvalue weighted by Gasteiger charge is -2.08. The Labute approximate surface area is 132 Å². The van der Waals surface area contributed by atoms with Crippen LogP contribution in [0.5, 0.6) is 0 Å². The van der Waals surface area contributed by atoms with Crippen molar-refractivity contribution in [2.24, 2.45) is 7.05 Å². The van der Waals surface area contributed by atoms with E-state index >= 15 is 0 Å². The summed E-state index contributed by atoms with van der Waals surface area (Å²) in [6.45, 7) is 0.246. The highest BCUT2D eigenvalue weighted by Gasteiger charge is 2.12. The van der Waals surface area contributed by atoms with Gasteiger partial charge in [0.15, 0.2) is 5.65 Å². The zero-order chi connectivity index (χ0) is 15.5. The van der Waals surface area contributed by atoms with Gasteiger partial charge >= 0.3 is 5.97 Å². The van der Waals surface area contributed by atoms with Gasteiger partial charge in [-0.15, -0.1) is 11.8 Å². The number of ether oxygens (including phenoxy) is 1. The number of thioether (sulfide) groups is 1. The molecule has 6 heteroatoms. The van der Waals surface area contributed by atoms with Crippen LogP contribution in [0, 0.1) is 0 Å². The third-order valence-electron chi connectivity index (χ3n) is 3.34. The molecule has 0 saturated heterocycles. The van der Waals surface area contributed by atoms with Crippen LogP contribution in [-0.4, -0.2) is 26.8 Å². The Morgan fingerprint density at radius 2 is 2.14 bits per heavy atom. The molecule has 0 radical (unpaired) electrons. The number of aromatic nitrogens is 3. The van der Waals surface area contributed by atoms with Crippen molar-refractivity contribution in [3.63, 3.8) is 0 Å². The van der Waals surface area contributed by atoms with E-state index in [2.05, 4.69) is 9.97 Å². The molecule has 3 aromatic rings. The first kappa shape index (κ1) is 14.6. The Morgan fingerprint density at radius 3 is 2.95 bits per heavy atom. The fourth-order valence-corrected chi connectivity index (χ4v) is 2.78. The molecule has 0 spiro atoms. The van der Waals surface area contributed by atoms with E-state index < -0.39 is 5.97 Å². The lowest BCUT2D eigenvalue weighted by Crippen LogP contribution is -2.06. The summed E-state index contributed by atoms with van der Waals surface area (Å²) in [5.74, 6) is -0.393. The van der Waals surface area contributed by atoms with E-state index in [4.69, 9.17) is 4.74 Å². The number of carbonyl (C=O) groups is 1. The van der Waals surface area contributed by atoms with Crippen LogP contribution in [0.2, 0.25) is 0 Å². The van der Waals surface area contributed by atoms with Gasteiger partial charge in [-0.05, 0) is 18.4 Å². The Balaban J connectivity index is 1.75. The predicted octanol–water partition coefficient (Wildman–Crippen LogP) is 3.05. The molecule has 112 valence electrons. The van der Waals surface area contributed by atoms with E-state index in [0.29, 0.717) is 11.1 Å². The minimum Gasteiger partial charge on any atom is -0.457 e. The third kappa shape index (κ3) is 2.82. The molecule has 0 aliphatic heterocycles. The molecule has 0 aliphatic rings. The van der Waals surface area contributed by atoms with E-state index in [1.165, 1.54) is 6.20 Å². The summed E-state index contributed by atoms with van der Waals surface area (Å²) in [5, 5.41) is 0. The van der Waals surface area contributed by atoms with Crippen molar-refractivity contribution in [2.75, 3.05) is 6.26 Å². The highest BCUT2D eigenvalue weighted by molar-refractivity contribution is 7.98. The zero-order valence-electron chi connectivity index (χ0n) is 12.3. The minimum atomic E-state index is -0.393. The lowest BCUT2D eigenvalue weighted by atomic mass is 10.2. The van der Waals surface area contributed by atoms with Crippen LogP contribution in [0.15, 0.2) is 47.8 Å². The van der Waals surface area contributed by atoms with E-state index in [1.54, 1.807) is 28.7 Å². The number of fused-ring (bicyclic) bond motifs is 1. The quantitative estimate of drug-likeness (QED) is 0.547. The monoisotopic (exact) mass is 313 g/mol. The molecule has 0 N–H and O–H groups in total. The number of nitrogens with zero attached hydrogens (tertiary/aromatic N) is 3. The second-order valence-corrected chi connectivity index (χ2v) is 5.66. The topological polar surface area (TPSA) is 57.0 Å². The molecule has 0 aliphatic carbocycles. The van der Waals surface area contributed by atoms with Crippen molar-refractivity contribution < 1.29 is 9.53 Å². The van der Waals surface area contributed by atoms with E-state index in [0.717, 1.165) is 16.1 Å². The summed E-state index contributed by atoms with van der Waals surface area (Å²) in [6.07, 6.45) is 5.19. The van der Waals surface area contributed by atoms with Gasteiger partial charge in [-0.3, -0.25) is 0 Å². The van der Waals surface area contributed by atoms with Gasteiger partial charge in [-0.25, -0.2) is 14.8 Å². The number of imidazole rings is 1. The van der Waals surface area contributed by atoms with Crippen LogP contribution >= 0.6 is 11.8 Å². The van der Waals surface area contributed by atoms with Gasteiger partial charge in [0.2, 0.25) is 0 Å². The van der Waals surface area contributed by atoms with Crippen LogP contribution in [0.1, 0.15) is 15.9 Å². The summed E-state index contributed by atoms with van der Waals surface area (Å²) >= 11 is 1.63. The van der Waals surface area contributed by atoms with Gasteiger partial charge in [0.25, 0.3) is 0 Å². The second-order valence-electron chi connectivity index (χ2n) is 4.81. The van der Waals surface area contributed by atoms with Gasteiger partial charge in [0.1, 0.15) is 12.1 Å². The van der Waals surface area contributed by atoms with Gasteiger partial charge in [0.05, 0.1) is 11.9 Å². The number of hydrogen-bond donors (Lipinski definition) is 0. The van der Waals surface area contributed by atoms with E-state index in [-0.39, 0.29) is 6.61 Å². The van der Waals surface area contributed by atoms with Crippen molar-refractivity contribution in [2.45, 2.75) is 11.5 Å². The van der Waals surface area contributed by atoms with Crippen molar-refractivity contribution in [3.05, 3.63) is 54.0 Å².